The number of aryl methyl sites for hydroxylation is 1. The molecule has 0 spiro atoms. The Labute approximate surface area is 138 Å². The van der Waals surface area contributed by atoms with Gasteiger partial charge in [-0.1, -0.05) is 42.3 Å². The fourth-order valence-electron chi connectivity index (χ4n) is 1.80. The maximum atomic E-state index is 12.0. The standard InChI is InChI=1S/C16H15Cl2NOS/c1-2-11-4-3-5-13(8-11)19-16(20)10-21-15-9-12(17)6-7-14(15)18/h3-9H,2,10H2,1H3,(H,19,20). The molecule has 0 fully saturated rings. The normalized spacial score (nSPS) is 10.4. The van der Waals surface area contributed by atoms with Crippen LogP contribution in [0.5, 0.6) is 0 Å². The van der Waals surface area contributed by atoms with E-state index in [2.05, 4.69) is 12.2 Å². The van der Waals surface area contributed by atoms with Crippen LogP contribution < -0.4 is 5.32 Å². The maximum Gasteiger partial charge on any atom is 0.234 e. The molecule has 0 aliphatic rings. The van der Waals surface area contributed by atoms with E-state index in [0.29, 0.717) is 10.0 Å². The van der Waals surface area contributed by atoms with Crippen molar-refractivity contribution in [2.24, 2.45) is 0 Å². The largest absolute Gasteiger partial charge is 0.325 e. The molecule has 2 aromatic rings. The third-order valence-corrected chi connectivity index (χ3v) is 4.60. The molecule has 1 amide bonds. The second-order valence-electron chi connectivity index (χ2n) is 4.47. The highest BCUT2D eigenvalue weighted by molar-refractivity contribution is 8.00. The zero-order valence-corrected chi connectivity index (χ0v) is 13.9. The van der Waals surface area contributed by atoms with Gasteiger partial charge in [0.1, 0.15) is 0 Å². The minimum absolute atomic E-state index is 0.0655. The summed E-state index contributed by atoms with van der Waals surface area (Å²) in [5.74, 6) is 0.223. The molecule has 0 aromatic heterocycles. The molecule has 1 N–H and O–H groups in total. The zero-order chi connectivity index (χ0) is 15.2. The van der Waals surface area contributed by atoms with Crippen molar-refractivity contribution in [3.63, 3.8) is 0 Å². The fourth-order valence-corrected chi connectivity index (χ4v) is 3.09. The summed E-state index contributed by atoms with van der Waals surface area (Å²) in [5, 5.41) is 4.10. The summed E-state index contributed by atoms with van der Waals surface area (Å²) in [7, 11) is 0. The number of rotatable bonds is 5. The van der Waals surface area contributed by atoms with E-state index in [1.807, 2.05) is 24.3 Å². The summed E-state index contributed by atoms with van der Waals surface area (Å²) in [6, 6.07) is 13.1. The highest BCUT2D eigenvalue weighted by Crippen LogP contribution is 2.29. The minimum Gasteiger partial charge on any atom is -0.325 e. The van der Waals surface area contributed by atoms with E-state index >= 15 is 0 Å². The van der Waals surface area contributed by atoms with E-state index in [1.54, 1.807) is 18.2 Å². The van der Waals surface area contributed by atoms with Crippen molar-refractivity contribution in [3.8, 4) is 0 Å². The predicted molar refractivity (Wildman–Crippen MR) is 91.6 cm³/mol. The van der Waals surface area contributed by atoms with Gasteiger partial charge in [0.25, 0.3) is 0 Å². The third-order valence-electron chi connectivity index (χ3n) is 2.87. The molecule has 0 aliphatic heterocycles. The lowest BCUT2D eigenvalue weighted by Gasteiger charge is -2.07. The molecule has 5 heteroatoms. The minimum atomic E-state index is -0.0655. The average molecular weight is 340 g/mol. The van der Waals surface area contributed by atoms with Crippen LogP contribution in [-0.2, 0) is 11.2 Å². The summed E-state index contributed by atoms with van der Waals surface area (Å²) in [4.78, 5) is 12.8. The second kappa shape index (κ2) is 7.74. The molecule has 110 valence electrons. The lowest BCUT2D eigenvalue weighted by molar-refractivity contribution is -0.113. The van der Waals surface area contributed by atoms with Crippen LogP contribution in [0.2, 0.25) is 10.0 Å². The lowest BCUT2D eigenvalue weighted by atomic mass is 10.1. The number of hydrogen-bond donors (Lipinski definition) is 1. The molecule has 0 heterocycles. The number of thioether (sulfide) groups is 1. The van der Waals surface area contributed by atoms with E-state index < -0.39 is 0 Å². The molecule has 0 saturated carbocycles. The van der Waals surface area contributed by atoms with E-state index in [9.17, 15) is 4.79 Å². The first-order valence-corrected chi connectivity index (χ1v) is 8.29. The molecule has 2 aromatic carbocycles. The van der Waals surface area contributed by atoms with Gasteiger partial charge in [-0.05, 0) is 42.3 Å². The number of anilines is 1. The Kier molecular flexibility index (Phi) is 5.97. The number of nitrogens with one attached hydrogen (secondary N) is 1. The molecule has 21 heavy (non-hydrogen) atoms. The van der Waals surface area contributed by atoms with Crippen LogP contribution in [-0.4, -0.2) is 11.7 Å². The van der Waals surface area contributed by atoms with Crippen molar-refractivity contribution in [1.29, 1.82) is 0 Å². The van der Waals surface area contributed by atoms with Crippen molar-refractivity contribution in [2.75, 3.05) is 11.1 Å². The molecule has 0 unspecified atom stereocenters. The highest BCUT2D eigenvalue weighted by Gasteiger charge is 2.07. The lowest BCUT2D eigenvalue weighted by Crippen LogP contribution is -2.14. The van der Waals surface area contributed by atoms with Crippen LogP contribution >= 0.6 is 35.0 Å². The highest BCUT2D eigenvalue weighted by atomic mass is 35.5. The molecular formula is C16H15Cl2NOS. The number of carbonyl (C=O) groups is 1. The van der Waals surface area contributed by atoms with Gasteiger partial charge in [0.15, 0.2) is 0 Å². The Hall–Kier alpha value is -1.16. The molecule has 0 aliphatic carbocycles. The smallest absolute Gasteiger partial charge is 0.234 e. The van der Waals surface area contributed by atoms with E-state index in [1.165, 1.54) is 17.3 Å². The molecule has 0 radical (unpaired) electrons. The Morgan fingerprint density at radius 3 is 2.76 bits per heavy atom. The topological polar surface area (TPSA) is 29.1 Å². The Balaban J connectivity index is 1.94. The summed E-state index contributed by atoms with van der Waals surface area (Å²) in [6.07, 6.45) is 0.941. The van der Waals surface area contributed by atoms with Gasteiger partial charge in [-0.15, -0.1) is 11.8 Å². The molecule has 2 nitrogen and oxygen atoms in total. The molecule has 0 bridgehead atoms. The van der Waals surface area contributed by atoms with Gasteiger partial charge >= 0.3 is 0 Å². The van der Waals surface area contributed by atoms with Gasteiger partial charge in [0.05, 0.1) is 10.8 Å². The SMILES string of the molecule is CCc1cccc(NC(=O)CSc2cc(Cl)ccc2Cl)c1. The van der Waals surface area contributed by atoms with Crippen molar-refractivity contribution in [2.45, 2.75) is 18.2 Å². The van der Waals surface area contributed by atoms with E-state index in [0.717, 1.165) is 17.0 Å². The van der Waals surface area contributed by atoms with Crippen LogP contribution in [0, 0.1) is 0 Å². The van der Waals surface area contributed by atoms with Gasteiger partial charge in [0, 0.05) is 15.6 Å². The third kappa shape index (κ3) is 4.95. The molecular weight excluding hydrogens is 325 g/mol. The van der Waals surface area contributed by atoms with Crippen molar-refractivity contribution >= 4 is 46.6 Å². The summed E-state index contributed by atoms with van der Waals surface area (Å²) < 4.78 is 0. The van der Waals surface area contributed by atoms with Crippen LogP contribution in [0.15, 0.2) is 47.4 Å². The van der Waals surface area contributed by atoms with Gasteiger partial charge in [-0.2, -0.15) is 0 Å². The van der Waals surface area contributed by atoms with Gasteiger partial charge in [0.2, 0.25) is 5.91 Å². The first kappa shape index (κ1) is 16.2. The van der Waals surface area contributed by atoms with Crippen LogP contribution in [0.25, 0.3) is 0 Å². The van der Waals surface area contributed by atoms with Crippen LogP contribution in [0.4, 0.5) is 5.69 Å². The Morgan fingerprint density at radius 1 is 1.19 bits per heavy atom. The van der Waals surface area contributed by atoms with Crippen LogP contribution in [0.1, 0.15) is 12.5 Å². The number of benzene rings is 2. The molecule has 0 saturated heterocycles. The Bertz CT molecular complexity index is 646. The monoisotopic (exact) mass is 339 g/mol. The summed E-state index contributed by atoms with van der Waals surface area (Å²) in [6.45, 7) is 2.08. The Morgan fingerprint density at radius 2 is 2.00 bits per heavy atom. The number of amides is 1. The second-order valence-corrected chi connectivity index (χ2v) is 6.33. The van der Waals surface area contributed by atoms with Gasteiger partial charge in [-0.25, -0.2) is 0 Å². The summed E-state index contributed by atoms with van der Waals surface area (Å²) >= 11 is 13.4. The quantitative estimate of drug-likeness (QED) is 0.750. The van der Waals surface area contributed by atoms with Crippen LogP contribution in [0.3, 0.4) is 0 Å². The molecule has 0 atom stereocenters. The predicted octanol–water partition coefficient (Wildman–Crippen LogP) is 5.29. The van der Waals surface area contributed by atoms with Crippen molar-refractivity contribution in [1.82, 2.24) is 0 Å². The maximum absolute atomic E-state index is 12.0. The van der Waals surface area contributed by atoms with E-state index in [-0.39, 0.29) is 11.7 Å². The van der Waals surface area contributed by atoms with Gasteiger partial charge < -0.3 is 5.32 Å². The van der Waals surface area contributed by atoms with E-state index in [4.69, 9.17) is 23.2 Å². The number of halogens is 2. The number of hydrogen-bond acceptors (Lipinski definition) is 2. The average Bonchev–Trinajstić information content (AvgIpc) is 2.48. The molecule has 2 rings (SSSR count). The fraction of sp³-hybridized carbons (Fsp3) is 0.188. The first-order valence-electron chi connectivity index (χ1n) is 6.55. The number of carbonyl (C=O) groups excluding carboxylic acids is 1. The summed E-state index contributed by atoms with van der Waals surface area (Å²) in [5.41, 5.74) is 2.01. The first-order chi connectivity index (χ1) is 10.1. The van der Waals surface area contributed by atoms with Crippen molar-refractivity contribution in [3.05, 3.63) is 58.1 Å². The zero-order valence-electron chi connectivity index (χ0n) is 11.5. The van der Waals surface area contributed by atoms with Crippen molar-refractivity contribution < 1.29 is 4.79 Å². The van der Waals surface area contributed by atoms with Gasteiger partial charge in [-0.3, -0.25) is 4.79 Å².